The smallest absolute Gasteiger partial charge is 0.0309 e. The molecule has 68 valence electrons. The van der Waals surface area contributed by atoms with Crippen molar-refractivity contribution in [1.29, 1.82) is 0 Å². The number of aromatic nitrogens is 1. The van der Waals surface area contributed by atoms with E-state index in [0.717, 1.165) is 0 Å². The highest BCUT2D eigenvalue weighted by Gasteiger charge is 2.06. The van der Waals surface area contributed by atoms with Gasteiger partial charge in [-0.1, -0.05) is 13.8 Å². The summed E-state index contributed by atoms with van der Waals surface area (Å²) in [5.74, 6) is 0. The van der Waals surface area contributed by atoms with E-state index in [-0.39, 0.29) is 0 Å². The fourth-order valence-electron chi connectivity index (χ4n) is 1.38. The second kappa shape index (κ2) is 3.76. The van der Waals surface area contributed by atoms with Gasteiger partial charge in [0.1, 0.15) is 0 Å². The van der Waals surface area contributed by atoms with Crippen LogP contribution < -0.4 is 5.32 Å². The van der Waals surface area contributed by atoms with E-state index in [2.05, 4.69) is 49.1 Å². The Morgan fingerprint density at radius 2 is 2.00 bits per heavy atom. The van der Waals surface area contributed by atoms with Crippen molar-refractivity contribution in [3.8, 4) is 0 Å². The highest BCUT2D eigenvalue weighted by molar-refractivity contribution is 5.14. The van der Waals surface area contributed by atoms with Gasteiger partial charge in [-0.2, -0.15) is 0 Å². The minimum absolute atomic E-state index is 0.450. The number of nitrogens with one attached hydrogen (secondary N) is 1. The monoisotopic (exact) mass is 166 g/mol. The zero-order chi connectivity index (χ0) is 9.14. The Labute approximate surface area is 74.6 Å². The molecule has 0 aliphatic rings. The van der Waals surface area contributed by atoms with E-state index in [4.69, 9.17) is 0 Å². The van der Waals surface area contributed by atoms with Crippen LogP contribution in [0.1, 0.15) is 32.4 Å². The van der Waals surface area contributed by atoms with Gasteiger partial charge in [-0.25, -0.2) is 0 Å². The van der Waals surface area contributed by atoms with Crippen molar-refractivity contribution < 1.29 is 0 Å². The molecule has 2 heteroatoms. The van der Waals surface area contributed by atoms with Gasteiger partial charge in [0.25, 0.3) is 0 Å². The molecule has 0 amide bonds. The van der Waals surface area contributed by atoms with Crippen LogP contribution in [0.15, 0.2) is 18.5 Å². The van der Waals surface area contributed by atoms with Crippen molar-refractivity contribution in [2.45, 2.75) is 32.9 Å². The number of aryl methyl sites for hydroxylation is 1. The highest BCUT2D eigenvalue weighted by Crippen LogP contribution is 2.12. The van der Waals surface area contributed by atoms with Crippen molar-refractivity contribution in [3.63, 3.8) is 0 Å². The van der Waals surface area contributed by atoms with E-state index in [1.54, 1.807) is 0 Å². The summed E-state index contributed by atoms with van der Waals surface area (Å²) in [7, 11) is 2.05. The SMILES string of the molecule is CC(C)NC(C)c1ccn(C)c1. The molecule has 0 bridgehead atoms. The Balaban J connectivity index is 2.58. The molecule has 0 radical (unpaired) electrons. The predicted octanol–water partition coefficient (Wildman–Crippen LogP) is 2.08. The molecule has 1 aromatic rings. The van der Waals surface area contributed by atoms with Gasteiger partial charge in [0.2, 0.25) is 0 Å². The molecular formula is C10H18N2. The van der Waals surface area contributed by atoms with E-state index >= 15 is 0 Å². The van der Waals surface area contributed by atoms with Gasteiger partial charge in [-0.3, -0.25) is 0 Å². The van der Waals surface area contributed by atoms with E-state index in [1.165, 1.54) is 5.56 Å². The van der Waals surface area contributed by atoms with Crippen LogP contribution in [0.25, 0.3) is 0 Å². The molecule has 0 spiro atoms. The van der Waals surface area contributed by atoms with Crippen LogP contribution >= 0.6 is 0 Å². The molecule has 0 aromatic carbocycles. The van der Waals surface area contributed by atoms with E-state index in [0.29, 0.717) is 12.1 Å². The maximum atomic E-state index is 3.46. The summed E-state index contributed by atoms with van der Waals surface area (Å²) in [4.78, 5) is 0. The predicted molar refractivity (Wildman–Crippen MR) is 52.1 cm³/mol. The molecule has 1 aromatic heterocycles. The molecule has 0 fully saturated rings. The van der Waals surface area contributed by atoms with Crippen molar-refractivity contribution in [2.75, 3.05) is 0 Å². The first-order valence-electron chi connectivity index (χ1n) is 4.47. The summed E-state index contributed by atoms with van der Waals surface area (Å²) in [5, 5.41) is 3.46. The summed E-state index contributed by atoms with van der Waals surface area (Å²) >= 11 is 0. The van der Waals surface area contributed by atoms with Crippen LogP contribution in [0.2, 0.25) is 0 Å². The largest absolute Gasteiger partial charge is 0.357 e. The molecule has 1 rings (SSSR count). The van der Waals surface area contributed by atoms with Crippen LogP contribution in [0.3, 0.4) is 0 Å². The zero-order valence-electron chi connectivity index (χ0n) is 8.33. The van der Waals surface area contributed by atoms with Crippen molar-refractivity contribution in [3.05, 3.63) is 24.0 Å². The Hall–Kier alpha value is -0.760. The zero-order valence-corrected chi connectivity index (χ0v) is 8.33. The van der Waals surface area contributed by atoms with Crippen LogP contribution in [0.5, 0.6) is 0 Å². The van der Waals surface area contributed by atoms with E-state index < -0.39 is 0 Å². The Morgan fingerprint density at radius 3 is 2.42 bits per heavy atom. The second-order valence-electron chi connectivity index (χ2n) is 3.65. The summed E-state index contributed by atoms with van der Waals surface area (Å²) in [6, 6.07) is 3.14. The standard InChI is InChI=1S/C10H18N2/c1-8(2)11-9(3)10-5-6-12(4)7-10/h5-9,11H,1-4H3. The third-order valence-electron chi connectivity index (χ3n) is 1.94. The number of hydrogen-bond donors (Lipinski definition) is 1. The van der Waals surface area contributed by atoms with Gasteiger partial charge >= 0.3 is 0 Å². The van der Waals surface area contributed by atoms with Gasteiger partial charge in [-0.15, -0.1) is 0 Å². The normalized spacial score (nSPS) is 13.8. The molecule has 1 atom stereocenters. The molecule has 0 aliphatic carbocycles. The van der Waals surface area contributed by atoms with Gasteiger partial charge in [0.05, 0.1) is 0 Å². The van der Waals surface area contributed by atoms with Crippen LogP contribution in [-0.2, 0) is 7.05 Å². The molecule has 1 N–H and O–H groups in total. The summed E-state index contributed by atoms with van der Waals surface area (Å²) in [5.41, 5.74) is 1.35. The summed E-state index contributed by atoms with van der Waals surface area (Å²) < 4.78 is 2.08. The maximum Gasteiger partial charge on any atom is 0.0309 e. The third kappa shape index (κ3) is 2.38. The minimum Gasteiger partial charge on any atom is -0.357 e. The summed E-state index contributed by atoms with van der Waals surface area (Å²) in [6.45, 7) is 6.52. The molecule has 12 heavy (non-hydrogen) atoms. The average molecular weight is 166 g/mol. The lowest BCUT2D eigenvalue weighted by molar-refractivity contribution is 0.506. The molecular weight excluding hydrogens is 148 g/mol. The lowest BCUT2D eigenvalue weighted by Gasteiger charge is -2.15. The van der Waals surface area contributed by atoms with Gasteiger partial charge < -0.3 is 9.88 Å². The first kappa shape index (κ1) is 9.33. The first-order valence-corrected chi connectivity index (χ1v) is 4.47. The quantitative estimate of drug-likeness (QED) is 0.727. The Morgan fingerprint density at radius 1 is 1.33 bits per heavy atom. The average Bonchev–Trinajstić information content (AvgIpc) is 2.34. The van der Waals surface area contributed by atoms with Gasteiger partial charge in [0.15, 0.2) is 0 Å². The Bertz CT molecular complexity index is 238. The third-order valence-corrected chi connectivity index (χ3v) is 1.94. The number of nitrogens with zero attached hydrogens (tertiary/aromatic N) is 1. The molecule has 1 heterocycles. The topological polar surface area (TPSA) is 17.0 Å². The lowest BCUT2D eigenvalue weighted by Crippen LogP contribution is -2.25. The molecule has 0 saturated carbocycles. The van der Waals surface area contributed by atoms with Crippen LogP contribution in [0, 0.1) is 0 Å². The fourth-order valence-corrected chi connectivity index (χ4v) is 1.38. The Kier molecular flexibility index (Phi) is 2.93. The van der Waals surface area contributed by atoms with Crippen molar-refractivity contribution >= 4 is 0 Å². The maximum absolute atomic E-state index is 3.46. The number of rotatable bonds is 3. The van der Waals surface area contributed by atoms with Crippen LogP contribution in [-0.4, -0.2) is 10.6 Å². The first-order chi connectivity index (χ1) is 5.59. The molecule has 1 unspecified atom stereocenters. The highest BCUT2D eigenvalue weighted by atomic mass is 15.0. The number of hydrogen-bond acceptors (Lipinski definition) is 1. The molecule has 2 nitrogen and oxygen atoms in total. The molecule has 0 aliphatic heterocycles. The minimum atomic E-state index is 0.450. The van der Waals surface area contributed by atoms with E-state index in [1.807, 2.05) is 7.05 Å². The van der Waals surface area contributed by atoms with Crippen molar-refractivity contribution in [2.24, 2.45) is 7.05 Å². The second-order valence-corrected chi connectivity index (χ2v) is 3.65. The fraction of sp³-hybridized carbons (Fsp3) is 0.600. The van der Waals surface area contributed by atoms with Gasteiger partial charge in [-0.05, 0) is 18.6 Å². The molecule has 0 saturated heterocycles. The van der Waals surface area contributed by atoms with Crippen LogP contribution in [0.4, 0.5) is 0 Å². The summed E-state index contributed by atoms with van der Waals surface area (Å²) in [6.07, 6.45) is 4.23. The van der Waals surface area contributed by atoms with Gasteiger partial charge in [0, 0.05) is 31.5 Å². The van der Waals surface area contributed by atoms with Crippen molar-refractivity contribution in [1.82, 2.24) is 9.88 Å². The van der Waals surface area contributed by atoms with E-state index in [9.17, 15) is 0 Å². The lowest BCUT2D eigenvalue weighted by atomic mass is 10.1.